The first-order valence-corrected chi connectivity index (χ1v) is 9.23. The summed E-state index contributed by atoms with van der Waals surface area (Å²) >= 11 is 1.60. The number of fused-ring (bicyclic) bond motifs is 1. The van der Waals surface area contributed by atoms with Crippen LogP contribution in [0.1, 0.15) is 28.7 Å². The van der Waals surface area contributed by atoms with Gasteiger partial charge in [-0.25, -0.2) is 9.78 Å². The van der Waals surface area contributed by atoms with Crippen LogP contribution in [0.15, 0.2) is 48.5 Å². The summed E-state index contributed by atoms with van der Waals surface area (Å²) in [6, 6.07) is 14.7. The summed E-state index contributed by atoms with van der Waals surface area (Å²) in [5.74, 6) is 0.173. The molecule has 0 saturated heterocycles. The molecule has 3 aromatic rings. The van der Waals surface area contributed by atoms with E-state index in [9.17, 15) is 9.59 Å². The van der Waals surface area contributed by atoms with Gasteiger partial charge in [0.25, 0.3) is 0 Å². The number of ether oxygens (including phenoxy) is 2. The second-order valence-corrected chi connectivity index (χ2v) is 6.75. The Balaban J connectivity index is 1.42. The number of para-hydroxylation sites is 1. The molecule has 0 spiro atoms. The average Bonchev–Trinajstić information content (AvgIpc) is 3.09. The molecule has 0 atom stereocenters. The molecule has 26 heavy (non-hydrogen) atoms. The van der Waals surface area contributed by atoms with Crippen LogP contribution in [0.5, 0.6) is 5.75 Å². The van der Waals surface area contributed by atoms with Crippen LogP contribution in [0.2, 0.25) is 0 Å². The number of aromatic nitrogens is 1. The van der Waals surface area contributed by atoms with Crippen molar-refractivity contribution in [3.63, 3.8) is 0 Å². The van der Waals surface area contributed by atoms with Gasteiger partial charge in [0, 0.05) is 18.4 Å². The number of benzene rings is 2. The molecule has 0 aliphatic rings. The van der Waals surface area contributed by atoms with E-state index in [0.717, 1.165) is 15.2 Å². The second-order valence-electron chi connectivity index (χ2n) is 5.64. The predicted molar refractivity (Wildman–Crippen MR) is 101 cm³/mol. The molecule has 0 radical (unpaired) electrons. The van der Waals surface area contributed by atoms with Crippen molar-refractivity contribution in [2.45, 2.75) is 19.8 Å². The zero-order valence-corrected chi connectivity index (χ0v) is 15.3. The van der Waals surface area contributed by atoms with Crippen LogP contribution in [0.25, 0.3) is 10.2 Å². The van der Waals surface area contributed by atoms with E-state index in [2.05, 4.69) is 4.98 Å². The molecule has 1 aromatic heterocycles. The fraction of sp³-hybridized carbons (Fsp3) is 0.250. The maximum absolute atomic E-state index is 11.8. The Labute approximate surface area is 155 Å². The number of nitrogens with zero attached hydrogens (tertiary/aromatic N) is 1. The minimum absolute atomic E-state index is 0.0748. The van der Waals surface area contributed by atoms with E-state index in [0.29, 0.717) is 24.2 Å². The van der Waals surface area contributed by atoms with Gasteiger partial charge in [0.1, 0.15) is 5.75 Å². The van der Waals surface area contributed by atoms with Gasteiger partial charge in [-0.2, -0.15) is 0 Å². The number of carbonyl (C=O) groups is 2. The van der Waals surface area contributed by atoms with Gasteiger partial charge < -0.3 is 9.47 Å². The first-order chi connectivity index (χ1) is 12.7. The van der Waals surface area contributed by atoms with Crippen molar-refractivity contribution in [1.82, 2.24) is 4.98 Å². The first kappa shape index (κ1) is 18.1. The van der Waals surface area contributed by atoms with E-state index in [1.165, 1.54) is 0 Å². The third kappa shape index (κ3) is 4.67. The van der Waals surface area contributed by atoms with Crippen LogP contribution in [-0.2, 0) is 16.0 Å². The minimum Gasteiger partial charge on any atom is -0.482 e. The highest BCUT2D eigenvalue weighted by atomic mass is 32.1. The number of esters is 1. The Morgan fingerprint density at radius 3 is 2.58 bits per heavy atom. The molecule has 0 fully saturated rings. The Kier molecular flexibility index (Phi) is 5.96. The van der Waals surface area contributed by atoms with Crippen molar-refractivity contribution in [2.75, 3.05) is 13.2 Å². The topological polar surface area (TPSA) is 65.5 Å². The molecule has 0 aliphatic carbocycles. The van der Waals surface area contributed by atoms with E-state index in [1.54, 1.807) is 35.6 Å². The van der Waals surface area contributed by atoms with Gasteiger partial charge in [-0.05, 0) is 36.4 Å². The maximum Gasteiger partial charge on any atom is 0.344 e. The fourth-order valence-electron chi connectivity index (χ4n) is 2.40. The van der Waals surface area contributed by atoms with Gasteiger partial charge >= 0.3 is 5.97 Å². The van der Waals surface area contributed by atoms with E-state index >= 15 is 0 Å². The van der Waals surface area contributed by atoms with Gasteiger partial charge in [0.05, 0.1) is 21.8 Å². The van der Waals surface area contributed by atoms with Gasteiger partial charge in [-0.1, -0.05) is 19.1 Å². The molecule has 0 N–H and O–H groups in total. The minimum atomic E-state index is -0.431. The Hall–Kier alpha value is -2.73. The van der Waals surface area contributed by atoms with E-state index in [1.807, 2.05) is 31.2 Å². The maximum atomic E-state index is 11.8. The van der Waals surface area contributed by atoms with Crippen LogP contribution in [0, 0.1) is 0 Å². The Morgan fingerprint density at radius 2 is 1.85 bits per heavy atom. The lowest BCUT2D eigenvalue weighted by molar-refractivity contribution is -0.145. The molecule has 2 aromatic carbocycles. The van der Waals surface area contributed by atoms with Crippen molar-refractivity contribution >= 4 is 33.3 Å². The SMILES string of the molecule is CCC(=O)c1ccc(OCC(=O)OCCc2nc3ccccc3s2)cc1. The number of carbonyl (C=O) groups excluding carboxylic acids is 2. The van der Waals surface area contributed by atoms with Crippen LogP contribution in [0.4, 0.5) is 0 Å². The summed E-state index contributed by atoms with van der Waals surface area (Å²) in [7, 11) is 0. The van der Waals surface area contributed by atoms with E-state index in [4.69, 9.17) is 9.47 Å². The molecule has 5 nitrogen and oxygen atoms in total. The van der Waals surface area contributed by atoms with Gasteiger partial charge in [-0.15, -0.1) is 11.3 Å². The molecular formula is C20H19NO4S. The van der Waals surface area contributed by atoms with Crippen molar-refractivity contribution < 1.29 is 19.1 Å². The molecule has 3 rings (SSSR count). The number of Topliss-reactive ketones (excluding diaryl/α,β-unsaturated/α-hetero) is 1. The lowest BCUT2D eigenvalue weighted by atomic mass is 10.1. The van der Waals surface area contributed by atoms with Crippen LogP contribution < -0.4 is 4.74 Å². The normalized spacial score (nSPS) is 10.7. The lowest BCUT2D eigenvalue weighted by Gasteiger charge is -2.07. The summed E-state index contributed by atoms with van der Waals surface area (Å²) in [6.07, 6.45) is 1.04. The summed E-state index contributed by atoms with van der Waals surface area (Å²) < 4.78 is 11.7. The Morgan fingerprint density at radius 1 is 1.08 bits per heavy atom. The third-order valence-corrected chi connectivity index (χ3v) is 4.87. The molecule has 0 amide bonds. The standard InChI is InChI=1S/C20H19NO4S/c1-2-17(22)14-7-9-15(10-8-14)25-13-20(23)24-12-11-19-21-16-5-3-4-6-18(16)26-19/h3-10H,2,11-13H2,1H3. The van der Waals surface area contributed by atoms with Crippen molar-refractivity contribution in [1.29, 1.82) is 0 Å². The number of rotatable bonds is 8. The number of hydrogen-bond donors (Lipinski definition) is 0. The highest BCUT2D eigenvalue weighted by Gasteiger charge is 2.08. The second kappa shape index (κ2) is 8.58. The molecule has 6 heteroatoms. The molecule has 0 aliphatic heterocycles. The van der Waals surface area contributed by atoms with Crippen molar-refractivity contribution in [3.05, 3.63) is 59.1 Å². The van der Waals surface area contributed by atoms with Crippen molar-refractivity contribution in [2.24, 2.45) is 0 Å². The van der Waals surface area contributed by atoms with Crippen LogP contribution in [-0.4, -0.2) is 30.0 Å². The highest BCUT2D eigenvalue weighted by molar-refractivity contribution is 7.18. The number of thiazole rings is 1. The van der Waals surface area contributed by atoms with E-state index < -0.39 is 5.97 Å². The van der Waals surface area contributed by atoms with E-state index in [-0.39, 0.29) is 19.0 Å². The monoisotopic (exact) mass is 369 g/mol. The Bertz CT molecular complexity index is 869. The molecule has 134 valence electrons. The smallest absolute Gasteiger partial charge is 0.344 e. The number of hydrogen-bond acceptors (Lipinski definition) is 6. The zero-order chi connectivity index (χ0) is 18.4. The van der Waals surface area contributed by atoms with Crippen LogP contribution in [0.3, 0.4) is 0 Å². The summed E-state index contributed by atoms with van der Waals surface area (Å²) in [5, 5.41) is 0.941. The highest BCUT2D eigenvalue weighted by Crippen LogP contribution is 2.21. The van der Waals surface area contributed by atoms with Gasteiger partial charge in [0.2, 0.25) is 0 Å². The average molecular weight is 369 g/mol. The molecule has 0 unspecified atom stereocenters. The van der Waals surface area contributed by atoms with Crippen LogP contribution >= 0.6 is 11.3 Å². The van der Waals surface area contributed by atoms with Gasteiger partial charge in [-0.3, -0.25) is 4.79 Å². The fourth-order valence-corrected chi connectivity index (χ4v) is 3.35. The summed E-state index contributed by atoms with van der Waals surface area (Å²) in [5.41, 5.74) is 1.60. The largest absolute Gasteiger partial charge is 0.482 e. The van der Waals surface area contributed by atoms with Gasteiger partial charge in [0.15, 0.2) is 12.4 Å². The molecule has 0 bridgehead atoms. The first-order valence-electron chi connectivity index (χ1n) is 8.42. The molecule has 0 saturated carbocycles. The zero-order valence-electron chi connectivity index (χ0n) is 14.4. The summed E-state index contributed by atoms with van der Waals surface area (Å²) in [6.45, 7) is 1.92. The predicted octanol–water partition coefficient (Wildman–Crippen LogP) is 4.05. The quantitative estimate of drug-likeness (QED) is 0.443. The lowest BCUT2D eigenvalue weighted by Crippen LogP contribution is -2.16. The third-order valence-electron chi connectivity index (χ3n) is 3.77. The molecule has 1 heterocycles. The summed E-state index contributed by atoms with van der Waals surface area (Å²) in [4.78, 5) is 27.8. The number of ketones is 1. The van der Waals surface area contributed by atoms with Crippen molar-refractivity contribution in [3.8, 4) is 5.75 Å². The molecular weight excluding hydrogens is 350 g/mol.